The molecule has 1 atom stereocenters. The molecule has 0 aliphatic carbocycles. The molecule has 0 radical (unpaired) electrons. The molecule has 3 rings (SSSR count). The monoisotopic (exact) mass is 336 g/mol. The molecule has 1 heterocycles. The van der Waals surface area contributed by atoms with Crippen LogP contribution in [0.2, 0.25) is 0 Å². The van der Waals surface area contributed by atoms with Crippen molar-refractivity contribution in [2.24, 2.45) is 0 Å². The number of aliphatic hydroxyl groups is 1. The maximum Gasteiger partial charge on any atom is 0.251 e. The van der Waals surface area contributed by atoms with Gasteiger partial charge in [0.25, 0.3) is 5.91 Å². The molecule has 25 heavy (non-hydrogen) atoms. The lowest BCUT2D eigenvalue weighted by Crippen LogP contribution is -2.33. The van der Waals surface area contributed by atoms with Gasteiger partial charge in [0.1, 0.15) is 5.82 Å². The van der Waals surface area contributed by atoms with Crippen LogP contribution in [-0.4, -0.2) is 38.8 Å². The predicted molar refractivity (Wildman–Crippen MR) is 95.0 cm³/mol. The van der Waals surface area contributed by atoms with Crippen LogP contribution in [-0.2, 0) is 6.42 Å². The van der Waals surface area contributed by atoms with Crippen molar-refractivity contribution in [3.05, 3.63) is 71.5 Å². The van der Waals surface area contributed by atoms with Crippen LogP contribution in [0.1, 0.15) is 21.7 Å². The third-order valence-corrected chi connectivity index (χ3v) is 3.81. The summed E-state index contributed by atoms with van der Waals surface area (Å²) in [6.07, 6.45) is -0.119. The van der Waals surface area contributed by atoms with Crippen molar-refractivity contribution in [1.82, 2.24) is 20.5 Å². The lowest BCUT2D eigenvalue weighted by Gasteiger charge is -2.12. The second-order valence-corrected chi connectivity index (χ2v) is 5.88. The fraction of sp³-hybridized carbons (Fsp3) is 0.211. The second-order valence-electron chi connectivity index (χ2n) is 5.88. The predicted octanol–water partition coefficient (Wildman–Crippen LogP) is 2.11. The van der Waals surface area contributed by atoms with Crippen LogP contribution in [0.15, 0.2) is 54.6 Å². The molecule has 0 saturated carbocycles. The molecule has 6 heteroatoms. The van der Waals surface area contributed by atoms with Gasteiger partial charge >= 0.3 is 0 Å². The van der Waals surface area contributed by atoms with Crippen molar-refractivity contribution in [2.45, 2.75) is 19.4 Å². The van der Waals surface area contributed by atoms with Gasteiger partial charge in [-0.1, -0.05) is 42.5 Å². The van der Waals surface area contributed by atoms with Gasteiger partial charge < -0.3 is 10.4 Å². The van der Waals surface area contributed by atoms with Crippen LogP contribution in [0.4, 0.5) is 0 Å². The minimum Gasteiger partial charge on any atom is -0.391 e. The zero-order valence-electron chi connectivity index (χ0n) is 13.9. The highest BCUT2D eigenvalue weighted by Crippen LogP contribution is 2.15. The number of benzene rings is 2. The molecule has 0 aliphatic heterocycles. The smallest absolute Gasteiger partial charge is 0.251 e. The molecule has 1 amide bonds. The largest absolute Gasteiger partial charge is 0.391 e. The van der Waals surface area contributed by atoms with Crippen LogP contribution in [0.25, 0.3) is 11.4 Å². The third kappa shape index (κ3) is 4.51. The Labute approximate surface area is 145 Å². The number of hydrogen-bond acceptors (Lipinski definition) is 4. The zero-order chi connectivity index (χ0) is 17.6. The lowest BCUT2D eigenvalue weighted by molar-refractivity contribution is 0.0916. The molecular formula is C19H20N4O2. The molecule has 6 nitrogen and oxygen atoms in total. The highest BCUT2D eigenvalue weighted by atomic mass is 16.3. The number of aliphatic hydroxyl groups excluding tert-OH is 1. The summed E-state index contributed by atoms with van der Waals surface area (Å²) in [7, 11) is 0. The Morgan fingerprint density at radius 1 is 1.16 bits per heavy atom. The number of carbonyl (C=O) groups is 1. The number of aromatic nitrogens is 3. The molecule has 128 valence electrons. The van der Waals surface area contributed by atoms with Gasteiger partial charge in [-0.3, -0.25) is 9.89 Å². The molecule has 0 saturated heterocycles. The van der Waals surface area contributed by atoms with Gasteiger partial charge in [-0.15, -0.1) is 0 Å². The minimum atomic E-state index is -0.623. The Hall–Kier alpha value is -2.99. The normalized spacial score (nSPS) is 11.9. The van der Waals surface area contributed by atoms with E-state index in [4.69, 9.17) is 0 Å². The van der Waals surface area contributed by atoms with E-state index in [0.29, 0.717) is 17.8 Å². The SMILES string of the molecule is Cc1nc(-c2ccc(C(=O)NCC(O)Cc3ccccc3)cc2)n[nH]1. The standard InChI is InChI=1S/C19H20N4O2/c1-13-21-18(23-22-13)15-7-9-16(10-8-15)19(25)20-12-17(24)11-14-5-3-2-4-6-14/h2-10,17,24H,11-12H2,1H3,(H,20,25)(H,21,22,23). The van der Waals surface area contributed by atoms with E-state index in [1.54, 1.807) is 24.3 Å². The first-order chi connectivity index (χ1) is 12.1. The van der Waals surface area contributed by atoms with E-state index in [1.807, 2.05) is 37.3 Å². The van der Waals surface area contributed by atoms with E-state index in [0.717, 1.165) is 17.0 Å². The van der Waals surface area contributed by atoms with Crippen LogP contribution in [0, 0.1) is 6.92 Å². The molecule has 3 aromatic rings. The van der Waals surface area contributed by atoms with Gasteiger partial charge in [0.05, 0.1) is 6.10 Å². The number of carbonyl (C=O) groups excluding carboxylic acids is 1. The second kappa shape index (κ2) is 7.72. The maximum absolute atomic E-state index is 12.2. The van der Waals surface area contributed by atoms with Crippen molar-refractivity contribution in [3.63, 3.8) is 0 Å². The first kappa shape index (κ1) is 16.9. The zero-order valence-corrected chi connectivity index (χ0v) is 13.9. The van der Waals surface area contributed by atoms with E-state index in [9.17, 15) is 9.90 Å². The highest BCUT2D eigenvalue weighted by molar-refractivity contribution is 5.94. The van der Waals surface area contributed by atoms with Gasteiger partial charge in [0.2, 0.25) is 0 Å². The van der Waals surface area contributed by atoms with Crippen molar-refractivity contribution in [2.75, 3.05) is 6.54 Å². The number of aryl methyl sites for hydroxylation is 1. The number of nitrogens with zero attached hydrogens (tertiary/aromatic N) is 2. The molecule has 0 aliphatic rings. The van der Waals surface area contributed by atoms with Crippen molar-refractivity contribution >= 4 is 5.91 Å². The van der Waals surface area contributed by atoms with Crippen molar-refractivity contribution < 1.29 is 9.90 Å². The number of H-pyrrole nitrogens is 1. The third-order valence-electron chi connectivity index (χ3n) is 3.81. The number of rotatable bonds is 6. The molecule has 0 bridgehead atoms. The summed E-state index contributed by atoms with van der Waals surface area (Å²) in [5.41, 5.74) is 2.41. The molecule has 1 aromatic heterocycles. The van der Waals surface area contributed by atoms with Crippen LogP contribution < -0.4 is 5.32 Å². The van der Waals surface area contributed by atoms with Gasteiger partial charge in [-0.25, -0.2) is 4.98 Å². The Morgan fingerprint density at radius 2 is 1.88 bits per heavy atom. The Balaban J connectivity index is 1.54. The Morgan fingerprint density at radius 3 is 2.52 bits per heavy atom. The Bertz CT molecular complexity index is 828. The first-order valence-electron chi connectivity index (χ1n) is 8.11. The van der Waals surface area contributed by atoms with E-state index in [1.165, 1.54) is 0 Å². The molecule has 3 N–H and O–H groups in total. The highest BCUT2D eigenvalue weighted by Gasteiger charge is 2.11. The summed E-state index contributed by atoms with van der Waals surface area (Å²) >= 11 is 0. The average Bonchev–Trinajstić information content (AvgIpc) is 3.07. The molecule has 0 spiro atoms. The van der Waals surface area contributed by atoms with Crippen molar-refractivity contribution in [3.8, 4) is 11.4 Å². The Kier molecular flexibility index (Phi) is 5.20. The number of nitrogens with one attached hydrogen (secondary N) is 2. The van der Waals surface area contributed by atoms with E-state index in [2.05, 4.69) is 20.5 Å². The summed E-state index contributed by atoms with van der Waals surface area (Å²) in [6.45, 7) is 2.04. The topological polar surface area (TPSA) is 90.9 Å². The van der Waals surface area contributed by atoms with Crippen LogP contribution in [0.3, 0.4) is 0 Å². The van der Waals surface area contributed by atoms with Gasteiger partial charge in [-0.2, -0.15) is 5.10 Å². The number of hydrogen-bond donors (Lipinski definition) is 3. The average molecular weight is 336 g/mol. The fourth-order valence-corrected chi connectivity index (χ4v) is 2.51. The van der Waals surface area contributed by atoms with E-state index in [-0.39, 0.29) is 12.5 Å². The summed E-state index contributed by atoms with van der Waals surface area (Å²) in [6, 6.07) is 16.7. The minimum absolute atomic E-state index is 0.204. The molecule has 2 aromatic carbocycles. The summed E-state index contributed by atoms with van der Waals surface area (Å²) in [4.78, 5) is 16.4. The van der Waals surface area contributed by atoms with Gasteiger partial charge in [-0.05, 0) is 24.6 Å². The summed E-state index contributed by atoms with van der Waals surface area (Å²) in [5, 5.41) is 19.7. The molecular weight excluding hydrogens is 316 g/mol. The number of aromatic amines is 1. The van der Waals surface area contributed by atoms with Crippen LogP contribution in [0.5, 0.6) is 0 Å². The summed E-state index contributed by atoms with van der Waals surface area (Å²) in [5.74, 6) is 1.12. The van der Waals surface area contributed by atoms with Gasteiger partial charge in [0, 0.05) is 24.1 Å². The molecule has 0 fully saturated rings. The fourth-order valence-electron chi connectivity index (χ4n) is 2.51. The quantitative estimate of drug-likeness (QED) is 0.643. The lowest BCUT2D eigenvalue weighted by atomic mass is 10.1. The van der Waals surface area contributed by atoms with E-state index >= 15 is 0 Å². The number of amides is 1. The summed E-state index contributed by atoms with van der Waals surface area (Å²) < 4.78 is 0. The van der Waals surface area contributed by atoms with Crippen molar-refractivity contribution in [1.29, 1.82) is 0 Å². The maximum atomic E-state index is 12.2. The van der Waals surface area contributed by atoms with Crippen LogP contribution >= 0.6 is 0 Å². The van der Waals surface area contributed by atoms with Gasteiger partial charge in [0.15, 0.2) is 5.82 Å². The first-order valence-corrected chi connectivity index (χ1v) is 8.11. The molecule has 1 unspecified atom stereocenters. The van der Waals surface area contributed by atoms with E-state index < -0.39 is 6.10 Å².